The number of rotatable bonds is 4. The highest BCUT2D eigenvalue weighted by Crippen LogP contribution is 2.32. The average molecular weight is 427 g/mol. The number of halogens is 3. The summed E-state index contributed by atoms with van der Waals surface area (Å²) in [4.78, 5) is 23.9. The summed E-state index contributed by atoms with van der Waals surface area (Å²) in [5.41, 5.74) is 1.06. The Kier molecular flexibility index (Phi) is 5.65. The molecule has 1 amide bonds. The summed E-state index contributed by atoms with van der Waals surface area (Å²) in [6, 6.07) is 9.36. The number of carbonyl (C=O) groups is 1. The summed E-state index contributed by atoms with van der Waals surface area (Å²) in [5, 5.41) is 4.25. The van der Waals surface area contributed by atoms with E-state index in [0.29, 0.717) is 17.0 Å². The van der Waals surface area contributed by atoms with Crippen molar-refractivity contribution in [3.8, 4) is 5.75 Å². The van der Waals surface area contributed by atoms with Crippen molar-refractivity contribution in [1.29, 1.82) is 0 Å². The molecule has 1 unspecified atom stereocenters. The highest BCUT2D eigenvalue weighted by Gasteiger charge is 2.17. The minimum atomic E-state index is -0.843. The van der Waals surface area contributed by atoms with Crippen LogP contribution in [0.1, 0.15) is 12.5 Å². The monoisotopic (exact) mass is 425 g/mol. The van der Waals surface area contributed by atoms with Crippen LogP contribution >= 0.6 is 34.8 Å². The SMILES string of the molecule is Cc1cc(=O)oc2cc(OC(C)C(=O)Nc3cc(Cl)c(Cl)cc3Cl)ccc12. The zero-order chi connectivity index (χ0) is 19.7. The van der Waals surface area contributed by atoms with E-state index >= 15 is 0 Å². The Hall–Kier alpha value is -2.21. The van der Waals surface area contributed by atoms with Crippen molar-refractivity contribution in [2.24, 2.45) is 0 Å². The van der Waals surface area contributed by atoms with Crippen molar-refractivity contribution in [2.75, 3.05) is 5.32 Å². The molecular weight excluding hydrogens is 413 g/mol. The van der Waals surface area contributed by atoms with Gasteiger partial charge in [0.05, 0.1) is 20.8 Å². The molecule has 1 N–H and O–H groups in total. The third-order valence-electron chi connectivity index (χ3n) is 3.87. The second kappa shape index (κ2) is 7.80. The van der Waals surface area contributed by atoms with E-state index in [1.54, 1.807) is 25.1 Å². The fraction of sp³-hybridized carbons (Fsp3) is 0.158. The molecule has 0 bridgehead atoms. The molecule has 3 aromatic rings. The van der Waals surface area contributed by atoms with Crippen LogP contribution in [0.15, 0.2) is 45.6 Å². The number of hydrogen-bond acceptors (Lipinski definition) is 4. The van der Waals surface area contributed by atoms with Gasteiger partial charge in [0.1, 0.15) is 11.3 Å². The molecule has 0 aliphatic carbocycles. The molecule has 1 heterocycles. The molecule has 0 saturated carbocycles. The highest BCUT2D eigenvalue weighted by atomic mass is 35.5. The van der Waals surface area contributed by atoms with Gasteiger partial charge in [-0.1, -0.05) is 34.8 Å². The second-order valence-corrected chi connectivity index (χ2v) is 7.12. The first-order valence-corrected chi connectivity index (χ1v) is 9.04. The number of hydrogen-bond donors (Lipinski definition) is 1. The van der Waals surface area contributed by atoms with Crippen molar-refractivity contribution in [2.45, 2.75) is 20.0 Å². The van der Waals surface area contributed by atoms with E-state index in [1.807, 2.05) is 6.92 Å². The van der Waals surface area contributed by atoms with E-state index < -0.39 is 17.6 Å². The lowest BCUT2D eigenvalue weighted by atomic mass is 10.1. The minimum absolute atomic E-state index is 0.257. The lowest BCUT2D eigenvalue weighted by Gasteiger charge is -2.16. The first-order chi connectivity index (χ1) is 12.7. The van der Waals surface area contributed by atoms with Crippen molar-refractivity contribution >= 4 is 57.4 Å². The molecule has 0 fully saturated rings. The smallest absolute Gasteiger partial charge is 0.336 e. The summed E-state index contributed by atoms with van der Waals surface area (Å²) < 4.78 is 10.8. The molecular formula is C19H14Cl3NO4. The zero-order valence-electron chi connectivity index (χ0n) is 14.3. The zero-order valence-corrected chi connectivity index (χ0v) is 16.6. The first kappa shape index (κ1) is 19.5. The van der Waals surface area contributed by atoms with E-state index in [4.69, 9.17) is 44.0 Å². The third kappa shape index (κ3) is 4.38. The Morgan fingerprint density at radius 2 is 1.78 bits per heavy atom. The van der Waals surface area contributed by atoms with Crippen LogP contribution in [0.25, 0.3) is 11.0 Å². The number of carbonyl (C=O) groups excluding carboxylic acids is 1. The number of aryl methyl sites for hydroxylation is 1. The van der Waals surface area contributed by atoms with Gasteiger partial charge in [0.25, 0.3) is 5.91 Å². The summed E-state index contributed by atoms with van der Waals surface area (Å²) in [5.74, 6) is -0.0415. The number of nitrogens with one attached hydrogen (secondary N) is 1. The van der Waals surface area contributed by atoms with Gasteiger partial charge in [-0.3, -0.25) is 4.79 Å². The van der Waals surface area contributed by atoms with Gasteiger partial charge in [-0.15, -0.1) is 0 Å². The first-order valence-electron chi connectivity index (χ1n) is 7.91. The van der Waals surface area contributed by atoms with Crippen LogP contribution in [0.3, 0.4) is 0 Å². The van der Waals surface area contributed by atoms with Gasteiger partial charge in [-0.25, -0.2) is 4.79 Å². The number of benzene rings is 2. The molecule has 0 saturated heterocycles. The molecule has 8 heteroatoms. The minimum Gasteiger partial charge on any atom is -0.481 e. The maximum absolute atomic E-state index is 12.4. The van der Waals surface area contributed by atoms with Crippen LogP contribution in [0.4, 0.5) is 5.69 Å². The Bertz CT molecular complexity index is 1090. The van der Waals surface area contributed by atoms with E-state index in [1.165, 1.54) is 18.2 Å². The van der Waals surface area contributed by atoms with Gasteiger partial charge in [0, 0.05) is 17.5 Å². The maximum Gasteiger partial charge on any atom is 0.336 e. The largest absolute Gasteiger partial charge is 0.481 e. The van der Waals surface area contributed by atoms with Crippen LogP contribution in [0, 0.1) is 6.92 Å². The Balaban J connectivity index is 1.77. The van der Waals surface area contributed by atoms with Gasteiger partial charge < -0.3 is 14.5 Å². The van der Waals surface area contributed by atoms with Gasteiger partial charge in [0.2, 0.25) is 0 Å². The summed E-state index contributed by atoms with van der Waals surface area (Å²) in [7, 11) is 0. The van der Waals surface area contributed by atoms with Gasteiger partial charge in [-0.05, 0) is 43.7 Å². The third-order valence-corrected chi connectivity index (χ3v) is 4.91. The second-order valence-electron chi connectivity index (χ2n) is 5.90. The van der Waals surface area contributed by atoms with Gasteiger partial charge in [0.15, 0.2) is 6.10 Å². The van der Waals surface area contributed by atoms with Crippen LogP contribution < -0.4 is 15.7 Å². The summed E-state index contributed by atoms with van der Waals surface area (Å²) in [6.07, 6.45) is -0.843. The fourth-order valence-corrected chi connectivity index (χ4v) is 3.08. The topological polar surface area (TPSA) is 68.5 Å². The Morgan fingerprint density at radius 1 is 1.07 bits per heavy atom. The maximum atomic E-state index is 12.4. The van der Waals surface area contributed by atoms with E-state index in [9.17, 15) is 9.59 Å². The van der Waals surface area contributed by atoms with E-state index in [2.05, 4.69) is 5.32 Å². The molecule has 0 aliphatic rings. The number of anilines is 1. The lowest BCUT2D eigenvalue weighted by Crippen LogP contribution is -2.30. The number of amides is 1. The normalized spacial score (nSPS) is 12.0. The van der Waals surface area contributed by atoms with Crippen molar-refractivity contribution in [1.82, 2.24) is 0 Å². The molecule has 5 nitrogen and oxygen atoms in total. The lowest BCUT2D eigenvalue weighted by molar-refractivity contribution is -0.122. The molecule has 3 rings (SSSR count). The van der Waals surface area contributed by atoms with Crippen molar-refractivity contribution in [3.63, 3.8) is 0 Å². The molecule has 2 aromatic carbocycles. The molecule has 0 spiro atoms. The highest BCUT2D eigenvalue weighted by molar-refractivity contribution is 6.44. The molecule has 1 aromatic heterocycles. The number of ether oxygens (including phenoxy) is 1. The van der Waals surface area contributed by atoms with E-state index in [-0.39, 0.29) is 15.1 Å². The van der Waals surface area contributed by atoms with Crippen LogP contribution in [-0.2, 0) is 4.79 Å². The standard InChI is InChI=1S/C19H14Cl3NO4/c1-9-5-18(24)27-17-6-11(3-4-12(9)17)26-10(2)19(25)23-16-8-14(21)13(20)7-15(16)22/h3-8,10H,1-2H3,(H,23,25). The van der Waals surface area contributed by atoms with Crippen LogP contribution in [0.5, 0.6) is 5.75 Å². The van der Waals surface area contributed by atoms with Crippen molar-refractivity contribution < 1.29 is 13.9 Å². The molecule has 0 radical (unpaired) electrons. The van der Waals surface area contributed by atoms with Crippen LogP contribution in [-0.4, -0.2) is 12.0 Å². The fourth-order valence-electron chi connectivity index (χ4n) is 2.49. The predicted molar refractivity (Wildman–Crippen MR) is 107 cm³/mol. The quantitative estimate of drug-likeness (QED) is 0.444. The Morgan fingerprint density at radius 3 is 2.52 bits per heavy atom. The van der Waals surface area contributed by atoms with Crippen LogP contribution in [0.2, 0.25) is 15.1 Å². The summed E-state index contributed by atoms with van der Waals surface area (Å²) >= 11 is 17.9. The average Bonchev–Trinajstić information content (AvgIpc) is 2.59. The molecule has 140 valence electrons. The molecule has 0 aliphatic heterocycles. The van der Waals surface area contributed by atoms with Crippen molar-refractivity contribution in [3.05, 3.63) is 67.4 Å². The molecule has 1 atom stereocenters. The van der Waals surface area contributed by atoms with Gasteiger partial charge in [-0.2, -0.15) is 0 Å². The predicted octanol–water partition coefficient (Wildman–Crippen LogP) is 5.47. The Labute approximate surface area is 169 Å². The van der Waals surface area contributed by atoms with E-state index in [0.717, 1.165) is 10.9 Å². The van der Waals surface area contributed by atoms with Gasteiger partial charge >= 0.3 is 5.63 Å². The molecule has 27 heavy (non-hydrogen) atoms. The summed E-state index contributed by atoms with van der Waals surface area (Å²) in [6.45, 7) is 3.40. The number of fused-ring (bicyclic) bond motifs is 1.